The topological polar surface area (TPSA) is 76.1 Å². The van der Waals surface area contributed by atoms with Crippen molar-refractivity contribution in [1.29, 1.82) is 0 Å². The molecule has 0 fully saturated rings. The summed E-state index contributed by atoms with van der Waals surface area (Å²) in [6.45, 7) is 1.20. The molecule has 0 aliphatic rings. The number of nitrogens with zero attached hydrogens (tertiary/aromatic N) is 2. The highest BCUT2D eigenvalue weighted by molar-refractivity contribution is 5.98. The van der Waals surface area contributed by atoms with Crippen molar-refractivity contribution in [2.45, 2.75) is 6.42 Å². The number of carbonyl (C=O) groups is 1. The Labute approximate surface area is 146 Å². The largest absolute Gasteiger partial charge is 0.491 e. The molecule has 2 N–H and O–H groups in total. The number of hydrogen-bond donors (Lipinski definition) is 2. The van der Waals surface area contributed by atoms with Crippen LogP contribution in [0.25, 0.3) is 10.9 Å². The molecular formula is C19H20N4O2. The zero-order valence-electron chi connectivity index (χ0n) is 14.0. The molecule has 0 saturated heterocycles. The van der Waals surface area contributed by atoms with E-state index in [2.05, 4.69) is 20.6 Å². The van der Waals surface area contributed by atoms with Gasteiger partial charge in [0.25, 0.3) is 5.91 Å². The zero-order chi connectivity index (χ0) is 17.5. The van der Waals surface area contributed by atoms with Crippen LogP contribution in [-0.2, 0) is 0 Å². The molecule has 1 amide bonds. The maximum atomic E-state index is 11.8. The molecule has 2 heterocycles. The van der Waals surface area contributed by atoms with Gasteiger partial charge in [0.15, 0.2) is 0 Å². The Morgan fingerprint density at radius 1 is 1.08 bits per heavy atom. The first kappa shape index (κ1) is 16.7. The van der Waals surface area contributed by atoms with E-state index in [0.29, 0.717) is 24.5 Å². The van der Waals surface area contributed by atoms with Crippen molar-refractivity contribution in [3.63, 3.8) is 0 Å². The standard InChI is InChI=1S/C19H20N4O2/c1-20-19(24)15-8-4-11-22-18(15)23-12-5-13-25-16-9-2-6-14-7-3-10-21-17(14)16/h2-4,6-11H,5,12-13H2,1H3,(H,20,24)(H,22,23). The molecule has 25 heavy (non-hydrogen) atoms. The molecule has 0 aliphatic heterocycles. The third kappa shape index (κ3) is 4.03. The van der Waals surface area contributed by atoms with Gasteiger partial charge in [-0.1, -0.05) is 18.2 Å². The molecule has 0 unspecified atom stereocenters. The number of hydrogen-bond acceptors (Lipinski definition) is 5. The van der Waals surface area contributed by atoms with Crippen LogP contribution in [0, 0.1) is 0 Å². The number of rotatable bonds is 7. The Morgan fingerprint density at radius 3 is 2.76 bits per heavy atom. The number of ether oxygens (including phenoxy) is 1. The Balaban J connectivity index is 1.53. The summed E-state index contributed by atoms with van der Waals surface area (Å²) in [4.78, 5) is 20.4. The highest BCUT2D eigenvalue weighted by Gasteiger charge is 2.09. The summed E-state index contributed by atoms with van der Waals surface area (Å²) in [5, 5.41) is 6.85. The van der Waals surface area contributed by atoms with Crippen molar-refractivity contribution < 1.29 is 9.53 Å². The molecule has 6 nitrogen and oxygen atoms in total. The fourth-order valence-corrected chi connectivity index (χ4v) is 2.52. The first-order valence-corrected chi connectivity index (χ1v) is 8.17. The predicted molar refractivity (Wildman–Crippen MR) is 98.0 cm³/mol. The van der Waals surface area contributed by atoms with Crippen molar-refractivity contribution in [3.05, 3.63) is 60.4 Å². The van der Waals surface area contributed by atoms with Crippen molar-refractivity contribution in [1.82, 2.24) is 15.3 Å². The molecule has 6 heteroatoms. The summed E-state index contributed by atoms with van der Waals surface area (Å²) in [5.74, 6) is 1.20. The maximum Gasteiger partial charge on any atom is 0.254 e. The van der Waals surface area contributed by atoms with Gasteiger partial charge in [0.1, 0.15) is 17.1 Å². The average molecular weight is 336 g/mol. The fourth-order valence-electron chi connectivity index (χ4n) is 2.52. The second kappa shape index (κ2) is 8.10. The fraction of sp³-hybridized carbons (Fsp3) is 0.211. The lowest BCUT2D eigenvalue weighted by Crippen LogP contribution is -2.20. The molecule has 0 spiro atoms. The average Bonchev–Trinajstić information content (AvgIpc) is 2.67. The van der Waals surface area contributed by atoms with Crippen molar-refractivity contribution in [2.24, 2.45) is 0 Å². The number of nitrogens with one attached hydrogen (secondary N) is 2. The smallest absolute Gasteiger partial charge is 0.254 e. The number of pyridine rings is 2. The zero-order valence-corrected chi connectivity index (χ0v) is 14.0. The van der Waals surface area contributed by atoms with E-state index in [4.69, 9.17) is 4.74 Å². The third-order valence-corrected chi connectivity index (χ3v) is 3.75. The summed E-state index contributed by atoms with van der Waals surface area (Å²) in [7, 11) is 1.60. The van der Waals surface area contributed by atoms with E-state index in [-0.39, 0.29) is 5.91 Å². The minimum absolute atomic E-state index is 0.159. The second-order valence-corrected chi connectivity index (χ2v) is 5.44. The van der Waals surface area contributed by atoms with Gasteiger partial charge in [-0.15, -0.1) is 0 Å². The quantitative estimate of drug-likeness (QED) is 0.649. The number of benzene rings is 1. The third-order valence-electron chi connectivity index (χ3n) is 3.75. The molecule has 0 bridgehead atoms. The minimum Gasteiger partial charge on any atom is -0.491 e. The van der Waals surface area contributed by atoms with Crippen LogP contribution in [0.4, 0.5) is 5.82 Å². The van der Waals surface area contributed by atoms with Gasteiger partial charge in [0.2, 0.25) is 0 Å². The molecule has 0 saturated carbocycles. The first-order chi connectivity index (χ1) is 12.3. The SMILES string of the molecule is CNC(=O)c1cccnc1NCCCOc1cccc2cccnc12. The van der Waals surface area contributed by atoms with Crippen LogP contribution >= 0.6 is 0 Å². The Morgan fingerprint density at radius 2 is 1.88 bits per heavy atom. The van der Waals surface area contributed by atoms with Crippen LogP contribution in [0.3, 0.4) is 0 Å². The summed E-state index contributed by atoms with van der Waals surface area (Å²) >= 11 is 0. The molecule has 0 aliphatic carbocycles. The number of para-hydroxylation sites is 1. The van der Waals surface area contributed by atoms with Crippen LogP contribution in [0.15, 0.2) is 54.9 Å². The van der Waals surface area contributed by atoms with Crippen LogP contribution in [-0.4, -0.2) is 36.1 Å². The molecule has 128 valence electrons. The van der Waals surface area contributed by atoms with Crippen LogP contribution in [0.5, 0.6) is 5.75 Å². The first-order valence-electron chi connectivity index (χ1n) is 8.17. The molecule has 0 atom stereocenters. The van der Waals surface area contributed by atoms with E-state index in [9.17, 15) is 4.79 Å². The number of amides is 1. The number of aromatic nitrogens is 2. The van der Waals surface area contributed by atoms with Crippen LogP contribution in [0.2, 0.25) is 0 Å². The van der Waals surface area contributed by atoms with E-state index in [1.54, 1.807) is 31.6 Å². The van der Waals surface area contributed by atoms with Gasteiger partial charge < -0.3 is 15.4 Å². The minimum atomic E-state index is -0.159. The van der Waals surface area contributed by atoms with Crippen LogP contribution < -0.4 is 15.4 Å². The summed E-state index contributed by atoms with van der Waals surface area (Å²) in [6.07, 6.45) is 4.19. The lowest BCUT2D eigenvalue weighted by Gasteiger charge is -2.11. The van der Waals surface area contributed by atoms with Crippen molar-refractivity contribution in [2.75, 3.05) is 25.5 Å². The van der Waals surface area contributed by atoms with E-state index in [0.717, 1.165) is 23.1 Å². The molecule has 3 aromatic rings. The molecule has 2 aromatic heterocycles. The molecule has 0 radical (unpaired) electrons. The molecular weight excluding hydrogens is 316 g/mol. The lowest BCUT2D eigenvalue weighted by molar-refractivity contribution is 0.0963. The second-order valence-electron chi connectivity index (χ2n) is 5.44. The van der Waals surface area contributed by atoms with Gasteiger partial charge in [-0.2, -0.15) is 0 Å². The van der Waals surface area contributed by atoms with Crippen molar-refractivity contribution in [3.8, 4) is 5.75 Å². The highest BCUT2D eigenvalue weighted by Crippen LogP contribution is 2.22. The Bertz CT molecular complexity index is 861. The highest BCUT2D eigenvalue weighted by atomic mass is 16.5. The van der Waals surface area contributed by atoms with Gasteiger partial charge in [-0.25, -0.2) is 4.98 Å². The van der Waals surface area contributed by atoms with Gasteiger partial charge >= 0.3 is 0 Å². The van der Waals surface area contributed by atoms with Gasteiger partial charge in [0, 0.05) is 31.4 Å². The van der Waals surface area contributed by atoms with Crippen LogP contribution in [0.1, 0.15) is 16.8 Å². The Kier molecular flexibility index (Phi) is 5.41. The number of carbonyl (C=O) groups excluding carboxylic acids is 1. The number of fused-ring (bicyclic) bond motifs is 1. The maximum absolute atomic E-state index is 11.8. The van der Waals surface area contributed by atoms with Crippen molar-refractivity contribution >= 4 is 22.6 Å². The van der Waals surface area contributed by atoms with E-state index >= 15 is 0 Å². The molecule has 1 aromatic carbocycles. The summed E-state index contributed by atoms with van der Waals surface area (Å²) in [6, 6.07) is 13.3. The predicted octanol–water partition coefficient (Wildman–Crippen LogP) is 2.87. The normalized spacial score (nSPS) is 10.4. The van der Waals surface area contributed by atoms with E-state index in [1.165, 1.54) is 0 Å². The monoisotopic (exact) mass is 336 g/mol. The van der Waals surface area contributed by atoms with Gasteiger partial charge in [0.05, 0.1) is 12.2 Å². The lowest BCUT2D eigenvalue weighted by atomic mass is 10.2. The van der Waals surface area contributed by atoms with Gasteiger partial charge in [-0.3, -0.25) is 9.78 Å². The number of anilines is 1. The summed E-state index contributed by atoms with van der Waals surface area (Å²) < 4.78 is 5.85. The molecule has 3 rings (SSSR count). The van der Waals surface area contributed by atoms with E-state index in [1.807, 2.05) is 30.3 Å². The Hall–Kier alpha value is -3.15. The van der Waals surface area contributed by atoms with E-state index < -0.39 is 0 Å². The van der Waals surface area contributed by atoms with Gasteiger partial charge in [-0.05, 0) is 30.7 Å². The summed E-state index contributed by atoms with van der Waals surface area (Å²) in [5.41, 5.74) is 1.40.